The fourth-order valence-corrected chi connectivity index (χ4v) is 2.11. The third kappa shape index (κ3) is 1.55. The second kappa shape index (κ2) is 4.00. The van der Waals surface area contributed by atoms with Crippen molar-refractivity contribution in [1.82, 2.24) is 4.57 Å². The van der Waals surface area contributed by atoms with Crippen molar-refractivity contribution in [2.45, 2.75) is 0 Å². The molecule has 1 aliphatic rings. The number of aromatic carboxylic acids is 1. The molecule has 0 bridgehead atoms. The number of fused-ring (bicyclic) bond motifs is 3. The van der Waals surface area contributed by atoms with Crippen LogP contribution in [0.25, 0.3) is 23.2 Å². The van der Waals surface area contributed by atoms with Crippen molar-refractivity contribution in [1.29, 1.82) is 0 Å². The lowest BCUT2D eigenvalue weighted by Crippen LogP contribution is -2.00. The topological polar surface area (TPSA) is 54.6 Å². The Balaban J connectivity index is 2.40. The number of carboxylic acids is 1. The first kappa shape index (κ1) is 10.5. The molecule has 0 fully saturated rings. The van der Waals surface area contributed by atoms with Gasteiger partial charge in [0.05, 0.1) is 11.1 Å². The van der Waals surface area contributed by atoms with Gasteiger partial charge in [0.2, 0.25) is 0 Å². The molecule has 88 valence electrons. The summed E-state index contributed by atoms with van der Waals surface area (Å²) in [5.41, 5.74) is 1.92. The molecule has 0 unspecified atom stereocenters. The van der Waals surface area contributed by atoms with Gasteiger partial charge in [0.15, 0.2) is 0 Å². The Hall–Kier alpha value is -2.62. The molecule has 1 aromatic heterocycles. The van der Waals surface area contributed by atoms with Crippen LogP contribution in [0.15, 0.2) is 41.5 Å². The normalized spacial score (nSPS) is 18.7. The first-order valence-electron chi connectivity index (χ1n) is 5.51. The van der Waals surface area contributed by atoms with E-state index in [0.717, 1.165) is 11.1 Å². The number of aromatic nitrogens is 1. The zero-order valence-corrected chi connectivity index (χ0v) is 9.45. The van der Waals surface area contributed by atoms with Gasteiger partial charge in [0.1, 0.15) is 0 Å². The number of carbonyl (C=O) groups is 1. The summed E-state index contributed by atoms with van der Waals surface area (Å²) in [6.07, 6.45) is 8.83. The van der Waals surface area contributed by atoms with Crippen LogP contribution in [-0.4, -0.2) is 21.9 Å². The average Bonchev–Trinajstić information content (AvgIpc) is 2.66. The number of allylic oxidation sites excluding steroid dienone is 1. The van der Waals surface area contributed by atoms with Crippen LogP contribution in [0.1, 0.15) is 16.1 Å². The molecule has 0 atom stereocenters. The molecule has 0 radical (unpaired) electrons. The monoisotopic (exact) mass is 238 g/mol. The molecule has 1 N–H and O–H groups in total. The van der Waals surface area contributed by atoms with Crippen LogP contribution >= 0.6 is 0 Å². The molecule has 0 spiro atoms. The summed E-state index contributed by atoms with van der Waals surface area (Å²) in [7, 11) is 0. The number of nitrogens with zero attached hydrogens (tertiary/aromatic N) is 2. The van der Waals surface area contributed by atoms with Gasteiger partial charge in [0, 0.05) is 29.7 Å². The molecular weight excluding hydrogens is 228 g/mol. The minimum absolute atomic E-state index is 0.293. The molecule has 0 saturated heterocycles. The fraction of sp³-hybridized carbons (Fsp3) is 0. The van der Waals surface area contributed by atoms with Crippen molar-refractivity contribution in [3.63, 3.8) is 0 Å². The van der Waals surface area contributed by atoms with Crippen molar-refractivity contribution >= 4 is 35.4 Å². The van der Waals surface area contributed by atoms with Crippen molar-refractivity contribution in [2.24, 2.45) is 4.99 Å². The smallest absolute Gasteiger partial charge is 0.337 e. The number of para-hydroxylation sites is 1. The van der Waals surface area contributed by atoms with Crippen LogP contribution in [0.2, 0.25) is 0 Å². The second-order valence-corrected chi connectivity index (χ2v) is 3.94. The van der Waals surface area contributed by atoms with Gasteiger partial charge in [-0.1, -0.05) is 12.1 Å². The Bertz CT molecular complexity index is 721. The summed E-state index contributed by atoms with van der Waals surface area (Å²) in [5, 5.41) is 10.1. The number of carboxylic acid groups (broad SMARTS) is 1. The molecule has 1 aliphatic heterocycles. The number of rotatable bonds is 1. The Labute approximate surface area is 103 Å². The highest BCUT2D eigenvalue weighted by Gasteiger charge is 2.13. The van der Waals surface area contributed by atoms with E-state index in [1.165, 1.54) is 0 Å². The van der Waals surface area contributed by atoms with E-state index in [4.69, 9.17) is 0 Å². The van der Waals surface area contributed by atoms with Gasteiger partial charge < -0.3 is 9.67 Å². The zero-order chi connectivity index (χ0) is 12.5. The highest BCUT2D eigenvalue weighted by Crippen LogP contribution is 2.25. The van der Waals surface area contributed by atoms with E-state index in [2.05, 4.69) is 4.99 Å². The second-order valence-electron chi connectivity index (χ2n) is 3.94. The quantitative estimate of drug-likeness (QED) is 0.830. The zero-order valence-electron chi connectivity index (χ0n) is 9.45. The van der Waals surface area contributed by atoms with Gasteiger partial charge in [-0.25, -0.2) is 4.79 Å². The van der Waals surface area contributed by atoms with Crippen LogP contribution in [-0.2, 0) is 0 Å². The number of aliphatic imine (C=N–C) groups is 1. The summed E-state index contributed by atoms with van der Waals surface area (Å²) in [6, 6.07) is 7.23. The Morgan fingerprint density at radius 1 is 1.33 bits per heavy atom. The SMILES string of the molecule is O=C(O)c1cccc2cc3n(c12)\C=C/N=C\C=C/3. The lowest BCUT2D eigenvalue weighted by molar-refractivity contribution is 0.0698. The standard InChI is InChI=1S/C14H10N2O2/c17-14(18)12-5-1-3-10-9-11-4-2-6-15-7-8-16(11)13(10)12/h1-9H,(H,17,18)/b4-2-,8-7-,15-6-. The van der Waals surface area contributed by atoms with E-state index in [-0.39, 0.29) is 0 Å². The first-order valence-corrected chi connectivity index (χ1v) is 5.51. The van der Waals surface area contributed by atoms with E-state index < -0.39 is 5.97 Å². The minimum atomic E-state index is -0.926. The van der Waals surface area contributed by atoms with Gasteiger partial charge in [-0.3, -0.25) is 4.99 Å². The van der Waals surface area contributed by atoms with Crippen molar-refractivity contribution in [3.05, 3.63) is 47.8 Å². The van der Waals surface area contributed by atoms with E-state index in [1.807, 2.05) is 28.9 Å². The summed E-state index contributed by atoms with van der Waals surface area (Å²) in [5.74, 6) is -0.926. The highest BCUT2D eigenvalue weighted by molar-refractivity contribution is 6.04. The first-order chi connectivity index (χ1) is 8.77. The molecule has 4 heteroatoms. The number of hydrogen-bond acceptors (Lipinski definition) is 2. The molecule has 4 nitrogen and oxygen atoms in total. The molecule has 2 aromatic rings. The summed E-state index contributed by atoms with van der Waals surface area (Å²) in [6.45, 7) is 0. The average molecular weight is 238 g/mol. The summed E-state index contributed by atoms with van der Waals surface area (Å²) < 4.78 is 1.84. The lowest BCUT2D eigenvalue weighted by Gasteiger charge is -2.05. The van der Waals surface area contributed by atoms with E-state index in [9.17, 15) is 9.90 Å². The molecule has 3 rings (SSSR count). The van der Waals surface area contributed by atoms with Crippen LogP contribution in [0.5, 0.6) is 0 Å². The van der Waals surface area contributed by atoms with E-state index >= 15 is 0 Å². The molecule has 18 heavy (non-hydrogen) atoms. The van der Waals surface area contributed by atoms with E-state index in [1.54, 1.807) is 30.7 Å². The fourth-order valence-electron chi connectivity index (χ4n) is 2.11. The maximum Gasteiger partial charge on any atom is 0.337 e. The summed E-state index contributed by atoms with van der Waals surface area (Å²) in [4.78, 5) is 15.3. The predicted octanol–water partition coefficient (Wildman–Crippen LogP) is 2.87. The third-order valence-electron chi connectivity index (χ3n) is 2.86. The largest absolute Gasteiger partial charge is 0.478 e. The van der Waals surface area contributed by atoms with Crippen molar-refractivity contribution < 1.29 is 9.90 Å². The Kier molecular flexibility index (Phi) is 2.34. The van der Waals surface area contributed by atoms with Crippen molar-refractivity contribution in [3.8, 4) is 0 Å². The molecule has 1 aromatic carbocycles. The predicted molar refractivity (Wildman–Crippen MR) is 71.8 cm³/mol. The van der Waals surface area contributed by atoms with Crippen LogP contribution in [0.3, 0.4) is 0 Å². The minimum Gasteiger partial charge on any atom is -0.478 e. The maximum absolute atomic E-state index is 11.3. The molecule has 2 heterocycles. The molecule has 0 aliphatic carbocycles. The maximum atomic E-state index is 11.3. The number of hydrogen-bond donors (Lipinski definition) is 1. The van der Waals surface area contributed by atoms with Gasteiger partial charge >= 0.3 is 5.97 Å². The molecular formula is C14H10N2O2. The molecule has 0 amide bonds. The van der Waals surface area contributed by atoms with Crippen LogP contribution in [0.4, 0.5) is 0 Å². The lowest BCUT2D eigenvalue weighted by atomic mass is 10.1. The van der Waals surface area contributed by atoms with Gasteiger partial charge in [0.25, 0.3) is 0 Å². The van der Waals surface area contributed by atoms with Gasteiger partial charge in [-0.05, 0) is 24.3 Å². The Morgan fingerprint density at radius 2 is 2.22 bits per heavy atom. The molecule has 0 saturated carbocycles. The van der Waals surface area contributed by atoms with Crippen molar-refractivity contribution in [2.75, 3.05) is 0 Å². The summed E-state index contributed by atoms with van der Waals surface area (Å²) >= 11 is 0. The van der Waals surface area contributed by atoms with Crippen LogP contribution in [0, 0.1) is 0 Å². The third-order valence-corrected chi connectivity index (χ3v) is 2.86. The van der Waals surface area contributed by atoms with Gasteiger partial charge in [-0.15, -0.1) is 0 Å². The highest BCUT2D eigenvalue weighted by atomic mass is 16.4. The van der Waals surface area contributed by atoms with Gasteiger partial charge in [-0.2, -0.15) is 0 Å². The van der Waals surface area contributed by atoms with E-state index in [0.29, 0.717) is 11.1 Å². The van der Waals surface area contributed by atoms with Crippen LogP contribution < -0.4 is 0 Å². The number of benzene rings is 1. The Morgan fingerprint density at radius 3 is 3.06 bits per heavy atom.